The number of carbonyl (C=O) groups is 4. The summed E-state index contributed by atoms with van der Waals surface area (Å²) in [5.41, 5.74) is -0.166. The van der Waals surface area contributed by atoms with Crippen molar-refractivity contribution in [3.63, 3.8) is 0 Å². The van der Waals surface area contributed by atoms with Crippen molar-refractivity contribution in [3.8, 4) is 0 Å². The number of nitro groups is 1. The van der Waals surface area contributed by atoms with Crippen LogP contribution in [0.1, 0.15) is 41.0 Å². The van der Waals surface area contributed by atoms with Crippen LogP contribution in [0.25, 0.3) is 0 Å². The van der Waals surface area contributed by atoms with Crippen LogP contribution in [0.4, 0.5) is 11.4 Å². The molecule has 1 aliphatic rings. The molecule has 3 amide bonds. The fourth-order valence-electron chi connectivity index (χ4n) is 3.43. The Kier molecular flexibility index (Phi) is 7.07. The van der Waals surface area contributed by atoms with Crippen molar-refractivity contribution < 1.29 is 28.8 Å². The quantitative estimate of drug-likeness (QED) is 0.268. The number of carbonyl (C=O) groups excluding carboxylic acids is 4. The molecule has 1 atom stereocenters. The molecular formula is C22H20ClN3O7. The number of imide groups is 1. The summed E-state index contributed by atoms with van der Waals surface area (Å²) < 4.78 is 5.08. The Morgan fingerprint density at radius 3 is 2.27 bits per heavy atom. The number of hydrogen-bond acceptors (Lipinski definition) is 7. The molecule has 33 heavy (non-hydrogen) atoms. The Bertz CT molecular complexity index is 1110. The van der Waals surface area contributed by atoms with Gasteiger partial charge >= 0.3 is 5.97 Å². The van der Waals surface area contributed by atoms with Crippen molar-refractivity contribution in [2.75, 3.05) is 11.9 Å². The van der Waals surface area contributed by atoms with Crippen LogP contribution >= 0.6 is 11.6 Å². The number of anilines is 1. The average Bonchev–Trinajstić information content (AvgIpc) is 3.00. The van der Waals surface area contributed by atoms with E-state index in [9.17, 15) is 29.3 Å². The Morgan fingerprint density at radius 2 is 1.73 bits per heavy atom. The summed E-state index contributed by atoms with van der Waals surface area (Å²) >= 11 is 5.83. The second-order valence-electron chi connectivity index (χ2n) is 7.75. The molecule has 2 aromatic rings. The first-order valence-electron chi connectivity index (χ1n) is 9.97. The van der Waals surface area contributed by atoms with Crippen LogP contribution in [0.5, 0.6) is 0 Å². The maximum Gasteiger partial charge on any atom is 0.329 e. The fourth-order valence-corrected chi connectivity index (χ4v) is 3.60. The Labute approximate surface area is 193 Å². The van der Waals surface area contributed by atoms with Gasteiger partial charge in [0.1, 0.15) is 11.7 Å². The molecule has 172 valence electrons. The summed E-state index contributed by atoms with van der Waals surface area (Å²) in [6.45, 7) is 2.84. The van der Waals surface area contributed by atoms with Crippen molar-refractivity contribution in [3.05, 3.63) is 68.7 Å². The molecule has 0 fully saturated rings. The summed E-state index contributed by atoms with van der Waals surface area (Å²) in [7, 11) is 0. The lowest BCUT2D eigenvalue weighted by molar-refractivity contribution is -0.383. The molecule has 11 heteroatoms. The molecule has 1 aliphatic heterocycles. The number of rotatable bonds is 8. The van der Waals surface area contributed by atoms with E-state index in [0.29, 0.717) is 0 Å². The normalized spacial score (nSPS) is 13.6. The lowest BCUT2D eigenvalue weighted by Gasteiger charge is -2.25. The third-order valence-electron chi connectivity index (χ3n) is 4.88. The van der Waals surface area contributed by atoms with Gasteiger partial charge in [0.2, 0.25) is 0 Å². The zero-order valence-corrected chi connectivity index (χ0v) is 18.5. The van der Waals surface area contributed by atoms with E-state index in [-0.39, 0.29) is 39.9 Å². The number of benzene rings is 2. The summed E-state index contributed by atoms with van der Waals surface area (Å²) in [5, 5.41) is 13.6. The van der Waals surface area contributed by atoms with Crippen molar-refractivity contribution in [1.82, 2.24) is 4.90 Å². The van der Waals surface area contributed by atoms with E-state index >= 15 is 0 Å². The molecule has 1 heterocycles. The summed E-state index contributed by atoms with van der Waals surface area (Å²) in [4.78, 5) is 62.0. The molecule has 1 unspecified atom stereocenters. The number of halogens is 1. The average molecular weight is 474 g/mol. The summed E-state index contributed by atoms with van der Waals surface area (Å²) in [6.07, 6.45) is 0.131. The molecule has 1 N–H and O–H groups in total. The minimum Gasteiger partial charge on any atom is -0.454 e. The van der Waals surface area contributed by atoms with Crippen LogP contribution in [0.3, 0.4) is 0 Å². The summed E-state index contributed by atoms with van der Waals surface area (Å²) in [5.74, 6) is -3.09. The minimum atomic E-state index is -1.23. The van der Waals surface area contributed by atoms with Gasteiger partial charge in [0.15, 0.2) is 6.61 Å². The number of nitrogens with one attached hydrogen (secondary N) is 1. The van der Waals surface area contributed by atoms with Crippen LogP contribution in [-0.4, -0.2) is 46.2 Å². The zero-order valence-electron chi connectivity index (χ0n) is 17.7. The second kappa shape index (κ2) is 9.78. The first-order chi connectivity index (χ1) is 15.6. The van der Waals surface area contributed by atoms with Gasteiger partial charge in [0.25, 0.3) is 23.4 Å². The molecule has 2 aromatic carbocycles. The third-order valence-corrected chi connectivity index (χ3v) is 5.11. The molecule has 3 rings (SSSR count). The van der Waals surface area contributed by atoms with E-state index in [1.807, 2.05) is 13.8 Å². The SMILES string of the molecule is CC(C)CC(C(=O)OCC(=O)Nc1cc(Cl)ccc1[N+](=O)[O-])N1C(=O)c2ccccc2C1=O. The maximum absolute atomic E-state index is 12.8. The molecule has 0 saturated heterocycles. The van der Waals surface area contributed by atoms with Crippen LogP contribution < -0.4 is 5.32 Å². The number of nitro benzene ring substituents is 1. The van der Waals surface area contributed by atoms with E-state index in [1.54, 1.807) is 12.1 Å². The Hall–Kier alpha value is -3.79. The Balaban J connectivity index is 1.73. The van der Waals surface area contributed by atoms with E-state index in [0.717, 1.165) is 11.0 Å². The predicted octanol–water partition coefficient (Wildman–Crippen LogP) is 3.44. The van der Waals surface area contributed by atoms with Crippen molar-refractivity contribution >= 4 is 46.7 Å². The van der Waals surface area contributed by atoms with Gasteiger partial charge in [-0.2, -0.15) is 0 Å². The first-order valence-corrected chi connectivity index (χ1v) is 10.3. The van der Waals surface area contributed by atoms with Gasteiger partial charge in [-0.05, 0) is 36.6 Å². The molecule has 0 radical (unpaired) electrons. The smallest absolute Gasteiger partial charge is 0.329 e. The number of hydrogen-bond donors (Lipinski definition) is 1. The molecule has 0 spiro atoms. The Morgan fingerprint density at radius 1 is 1.12 bits per heavy atom. The van der Waals surface area contributed by atoms with Gasteiger partial charge in [-0.1, -0.05) is 37.6 Å². The lowest BCUT2D eigenvalue weighted by atomic mass is 10.0. The van der Waals surface area contributed by atoms with Crippen LogP contribution in [0.15, 0.2) is 42.5 Å². The standard InChI is InChI=1S/C22H20ClN3O7/c1-12(2)9-18(25-20(28)14-5-3-4-6-15(14)21(25)29)22(30)33-11-19(27)24-16-10-13(23)7-8-17(16)26(31)32/h3-8,10,12,18H,9,11H2,1-2H3,(H,24,27). The fraction of sp³-hybridized carbons (Fsp3) is 0.273. The molecule has 0 aromatic heterocycles. The number of nitrogens with zero attached hydrogens (tertiary/aromatic N) is 2. The highest BCUT2D eigenvalue weighted by Gasteiger charge is 2.43. The molecule has 0 saturated carbocycles. The first kappa shape index (κ1) is 23.9. The number of esters is 1. The topological polar surface area (TPSA) is 136 Å². The minimum absolute atomic E-state index is 0.0743. The van der Waals surface area contributed by atoms with Crippen LogP contribution in [-0.2, 0) is 14.3 Å². The highest BCUT2D eigenvalue weighted by molar-refractivity contribution is 6.31. The maximum atomic E-state index is 12.8. The number of ether oxygens (including phenoxy) is 1. The van der Waals surface area contributed by atoms with E-state index < -0.39 is 41.3 Å². The van der Waals surface area contributed by atoms with E-state index in [2.05, 4.69) is 5.32 Å². The summed E-state index contributed by atoms with van der Waals surface area (Å²) in [6, 6.07) is 8.62. The van der Waals surface area contributed by atoms with Crippen molar-refractivity contribution in [2.24, 2.45) is 5.92 Å². The van der Waals surface area contributed by atoms with Gasteiger partial charge in [-0.25, -0.2) is 4.79 Å². The van der Waals surface area contributed by atoms with E-state index in [4.69, 9.17) is 16.3 Å². The molecule has 0 bridgehead atoms. The van der Waals surface area contributed by atoms with Gasteiger partial charge in [-0.3, -0.25) is 29.4 Å². The lowest BCUT2D eigenvalue weighted by Crippen LogP contribution is -2.46. The van der Waals surface area contributed by atoms with Gasteiger partial charge in [-0.15, -0.1) is 0 Å². The van der Waals surface area contributed by atoms with Gasteiger partial charge < -0.3 is 10.1 Å². The third kappa shape index (κ3) is 5.17. The highest BCUT2D eigenvalue weighted by atomic mass is 35.5. The number of fused-ring (bicyclic) bond motifs is 1. The number of amides is 3. The molecule has 10 nitrogen and oxygen atoms in total. The van der Waals surface area contributed by atoms with Gasteiger partial charge in [0.05, 0.1) is 16.1 Å². The zero-order chi connectivity index (χ0) is 24.3. The van der Waals surface area contributed by atoms with Crippen molar-refractivity contribution in [2.45, 2.75) is 26.3 Å². The predicted molar refractivity (Wildman–Crippen MR) is 118 cm³/mol. The van der Waals surface area contributed by atoms with Crippen LogP contribution in [0, 0.1) is 16.0 Å². The van der Waals surface area contributed by atoms with Crippen molar-refractivity contribution in [1.29, 1.82) is 0 Å². The highest BCUT2D eigenvalue weighted by Crippen LogP contribution is 2.29. The molecular weight excluding hydrogens is 454 g/mol. The van der Waals surface area contributed by atoms with E-state index in [1.165, 1.54) is 24.3 Å². The largest absolute Gasteiger partial charge is 0.454 e. The second-order valence-corrected chi connectivity index (χ2v) is 8.18. The van der Waals surface area contributed by atoms with Crippen LogP contribution in [0.2, 0.25) is 5.02 Å². The monoisotopic (exact) mass is 473 g/mol. The molecule has 0 aliphatic carbocycles. The van der Waals surface area contributed by atoms with Gasteiger partial charge in [0, 0.05) is 11.1 Å².